The molecule has 0 saturated heterocycles. The number of hydrogen-bond donors (Lipinski definition) is 1. The summed E-state index contributed by atoms with van der Waals surface area (Å²) in [6, 6.07) is 5.97. The van der Waals surface area contributed by atoms with E-state index in [1.54, 1.807) is 7.11 Å². The molecule has 0 aliphatic carbocycles. The van der Waals surface area contributed by atoms with Crippen LogP contribution in [0.1, 0.15) is 18.2 Å². The zero-order valence-electron chi connectivity index (χ0n) is 9.96. The zero-order valence-corrected chi connectivity index (χ0v) is 11.5. The molecule has 2 rings (SSSR count). The quantitative estimate of drug-likeness (QED) is 0.945. The van der Waals surface area contributed by atoms with Gasteiger partial charge in [0.15, 0.2) is 0 Å². The third kappa shape index (κ3) is 2.42. The van der Waals surface area contributed by atoms with Gasteiger partial charge in [0.2, 0.25) is 0 Å². The van der Waals surface area contributed by atoms with Crippen LogP contribution in [0.15, 0.2) is 22.7 Å². The fraction of sp³-hybridized carbons (Fsp3) is 0.308. The van der Waals surface area contributed by atoms with E-state index in [1.165, 1.54) is 5.56 Å². The predicted molar refractivity (Wildman–Crippen MR) is 73.9 cm³/mol. The molecule has 1 heterocycles. The lowest BCUT2D eigenvalue weighted by Gasteiger charge is -2.10. The SMILES string of the molecule is CCc1cc(Br)cc2c(N)cc(COC)nc12. The number of methoxy groups -OCH3 is 1. The van der Waals surface area contributed by atoms with Gasteiger partial charge < -0.3 is 10.5 Å². The highest BCUT2D eigenvalue weighted by Gasteiger charge is 2.08. The molecule has 3 nitrogen and oxygen atoms in total. The number of aryl methyl sites for hydroxylation is 1. The summed E-state index contributed by atoms with van der Waals surface area (Å²) in [5, 5.41) is 0.996. The molecule has 0 unspecified atom stereocenters. The van der Waals surface area contributed by atoms with Crippen molar-refractivity contribution in [3.63, 3.8) is 0 Å². The minimum atomic E-state index is 0.485. The Bertz CT molecular complexity index is 555. The number of anilines is 1. The number of hydrogen-bond acceptors (Lipinski definition) is 3. The second-order valence-corrected chi connectivity index (χ2v) is 4.87. The Hall–Kier alpha value is -1.13. The van der Waals surface area contributed by atoms with E-state index in [2.05, 4.69) is 33.9 Å². The summed E-state index contributed by atoms with van der Waals surface area (Å²) in [4.78, 5) is 4.61. The van der Waals surface area contributed by atoms with Crippen molar-refractivity contribution >= 4 is 32.5 Å². The van der Waals surface area contributed by atoms with E-state index >= 15 is 0 Å². The smallest absolute Gasteiger partial charge is 0.0885 e. The normalized spacial score (nSPS) is 11.0. The number of benzene rings is 1. The van der Waals surface area contributed by atoms with E-state index in [4.69, 9.17) is 10.5 Å². The van der Waals surface area contributed by atoms with Crippen molar-refractivity contribution in [1.82, 2.24) is 4.98 Å². The van der Waals surface area contributed by atoms with Gasteiger partial charge in [0.25, 0.3) is 0 Å². The van der Waals surface area contributed by atoms with Gasteiger partial charge in [-0.15, -0.1) is 0 Å². The summed E-state index contributed by atoms with van der Waals surface area (Å²) >= 11 is 3.50. The lowest BCUT2D eigenvalue weighted by atomic mass is 10.1. The average Bonchev–Trinajstić information content (AvgIpc) is 2.30. The summed E-state index contributed by atoms with van der Waals surface area (Å²) in [7, 11) is 1.66. The molecule has 0 saturated carbocycles. The molecule has 17 heavy (non-hydrogen) atoms. The second-order valence-electron chi connectivity index (χ2n) is 3.95. The molecule has 0 fully saturated rings. The Labute approximate surface area is 109 Å². The van der Waals surface area contributed by atoms with Gasteiger partial charge in [0.1, 0.15) is 0 Å². The Morgan fingerprint density at radius 1 is 1.35 bits per heavy atom. The van der Waals surface area contributed by atoms with Crippen molar-refractivity contribution < 1.29 is 4.74 Å². The number of nitrogen functional groups attached to an aromatic ring is 1. The number of nitrogens with two attached hydrogens (primary N) is 1. The fourth-order valence-corrected chi connectivity index (χ4v) is 2.44. The van der Waals surface area contributed by atoms with E-state index in [9.17, 15) is 0 Å². The van der Waals surface area contributed by atoms with Gasteiger partial charge in [0.05, 0.1) is 17.8 Å². The Kier molecular flexibility index (Phi) is 3.64. The number of nitrogens with zero attached hydrogens (tertiary/aromatic N) is 1. The molecular formula is C13H15BrN2O. The van der Waals surface area contributed by atoms with Crippen LogP contribution < -0.4 is 5.73 Å². The van der Waals surface area contributed by atoms with Gasteiger partial charge in [-0.3, -0.25) is 0 Å². The van der Waals surface area contributed by atoms with E-state index in [0.29, 0.717) is 6.61 Å². The maximum absolute atomic E-state index is 6.06. The maximum atomic E-state index is 6.06. The molecule has 4 heteroatoms. The number of aromatic nitrogens is 1. The van der Waals surface area contributed by atoms with Crippen LogP contribution in [0.2, 0.25) is 0 Å². The standard InChI is InChI=1S/C13H15BrN2O/c1-3-8-4-9(14)5-11-12(15)6-10(7-17-2)16-13(8)11/h4-6H,3,7H2,1-2H3,(H2,15,16). The first-order chi connectivity index (χ1) is 8.15. The maximum Gasteiger partial charge on any atom is 0.0885 e. The molecule has 2 N–H and O–H groups in total. The third-order valence-corrected chi connectivity index (χ3v) is 3.17. The molecule has 1 aromatic carbocycles. The molecule has 1 aromatic heterocycles. The zero-order chi connectivity index (χ0) is 12.4. The number of fused-ring (bicyclic) bond motifs is 1. The third-order valence-electron chi connectivity index (χ3n) is 2.72. The lowest BCUT2D eigenvalue weighted by molar-refractivity contribution is 0.182. The summed E-state index contributed by atoms with van der Waals surface area (Å²) in [6.07, 6.45) is 0.929. The fourth-order valence-electron chi connectivity index (χ4n) is 1.93. The van der Waals surface area contributed by atoms with Crippen LogP contribution in [0.5, 0.6) is 0 Å². The van der Waals surface area contributed by atoms with Crippen LogP contribution in [0.25, 0.3) is 10.9 Å². The lowest BCUT2D eigenvalue weighted by Crippen LogP contribution is -1.99. The number of rotatable bonds is 3. The summed E-state index contributed by atoms with van der Waals surface area (Å²) in [5.74, 6) is 0. The van der Waals surface area contributed by atoms with Gasteiger partial charge in [-0.2, -0.15) is 0 Å². The minimum absolute atomic E-state index is 0.485. The molecule has 0 bridgehead atoms. The van der Waals surface area contributed by atoms with Crippen LogP contribution >= 0.6 is 15.9 Å². The van der Waals surface area contributed by atoms with Crippen LogP contribution in [0, 0.1) is 0 Å². The molecule has 90 valence electrons. The van der Waals surface area contributed by atoms with E-state index in [0.717, 1.165) is 33.2 Å². The first-order valence-corrected chi connectivity index (χ1v) is 6.31. The predicted octanol–water partition coefficient (Wildman–Crippen LogP) is 3.29. The number of ether oxygens (including phenoxy) is 1. The summed E-state index contributed by atoms with van der Waals surface area (Å²) < 4.78 is 6.14. The topological polar surface area (TPSA) is 48.1 Å². The Balaban J connectivity index is 2.72. The molecule has 0 amide bonds. The van der Waals surface area contributed by atoms with Gasteiger partial charge in [0, 0.05) is 22.7 Å². The highest BCUT2D eigenvalue weighted by molar-refractivity contribution is 9.10. The number of halogens is 1. The Morgan fingerprint density at radius 3 is 2.76 bits per heavy atom. The monoisotopic (exact) mass is 294 g/mol. The molecule has 0 aliphatic rings. The van der Waals surface area contributed by atoms with Crippen LogP contribution in [0.3, 0.4) is 0 Å². The number of pyridine rings is 1. The van der Waals surface area contributed by atoms with Gasteiger partial charge in [-0.1, -0.05) is 22.9 Å². The van der Waals surface area contributed by atoms with Crippen molar-refractivity contribution in [2.75, 3.05) is 12.8 Å². The molecule has 0 radical (unpaired) electrons. The second kappa shape index (κ2) is 5.02. The van der Waals surface area contributed by atoms with Crippen molar-refractivity contribution in [3.8, 4) is 0 Å². The Morgan fingerprint density at radius 2 is 2.12 bits per heavy atom. The average molecular weight is 295 g/mol. The van der Waals surface area contributed by atoms with Crippen LogP contribution in [-0.2, 0) is 17.8 Å². The molecule has 0 aliphatic heterocycles. The highest BCUT2D eigenvalue weighted by Crippen LogP contribution is 2.28. The summed E-state index contributed by atoms with van der Waals surface area (Å²) in [6.45, 7) is 2.60. The van der Waals surface area contributed by atoms with Crippen molar-refractivity contribution in [3.05, 3.63) is 33.9 Å². The van der Waals surface area contributed by atoms with E-state index < -0.39 is 0 Å². The molecule has 0 atom stereocenters. The van der Waals surface area contributed by atoms with Crippen LogP contribution in [-0.4, -0.2) is 12.1 Å². The van der Waals surface area contributed by atoms with Crippen molar-refractivity contribution in [2.45, 2.75) is 20.0 Å². The van der Waals surface area contributed by atoms with Crippen molar-refractivity contribution in [1.29, 1.82) is 0 Å². The first kappa shape index (κ1) is 12.3. The van der Waals surface area contributed by atoms with Crippen molar-refractivity contribution in [2.24, 2.45) is 0 Å². The van der Waals surface area contributed by atoms with E-state index in [-0.39, 0.29) is 0 Å². The van der Waals surface area contributed by atoms with Gasteiger partial charge in [-0.05, 0) is 30.2 Å². The molecule has 2 aromatic rings. The van der Waals surface area contributed by atoms with Crippen LogP contribution in [0.4, 0.5) is 5.69 Å². The largest absolute Gasteiger partial charge is 0.398 e. The highest BCUT2D eigenvalue weighted by atomic mass is 79.9. The molecule has 0 spiro atoms. The molecular weight excluding hydrogens is 280 g/mol. The van der Waals surface area contributed by atoms with Gasteiger partial charge >= 0.3 is 0 Å². The first-order valence-electron chi connectivity index (χ1n) is 5.52. The van der Waals surface area contributed by atoms with Gasteiger partial charge in [-0.25, -0.2) is 4.98 Å². The van der Waals surface area contributed by atoms with E-state index in [1.807, 2.05) is 12.1 Å². The summed E-state index contributed by atoms with van der Waals surface area (Å²) in [5.41, 5.74) is 9.85. The minimum Gasteiger partial charge on any atom is -0.398 e.